The zero-order valence-corrected chi connectivity index (χ0v) is 20.4. The maximum Gasteiger partial charge on any atom is 0.243 e. The first-order chi connectivity index (χ1) is 15.2. The lowest BCUT2D eigenvalue weighted by molar-refractivity contribution is -0.126. The lowest BCUT2D eigenvalue weighted by Gasteiger charge is -2.57. The number of nitrogens with zero attached hydrogens (tertiary/aromatic N) is 1. The van der Waals surface area contributed by atoms with Gasteiger partial charge in [-0.15, -0.1) is 0 Å². The quantitative estimate of drug-likeness (QED) is 0.686. The molecule has 1 aromatic rings. The van der Waals surface area contributed by atoms with Gasteiger partial charge in [0.15, 0.2) is 0 Å². The fourth-order valence-electron chi connectivity index (χ4n) is 7.78. The standard InChI is InChI=1S/C26H38N2O3S/c1-18-3-4-24(19(2)11-18)32(30,31)28-9-5-23(6-10-28)25(29)27-8-7-26-15-20-12-21(16-26)14-22(13-20)17-26/h3-4,11,20-23H,5-10,12-17H2,1-2H3,(H,27,29). The highest BCUT2D eigenvalue weighted by Gasteiger charge is 2.50. The normalized spacial score (nSPS) is 32.9. The van der Waals surface area contributed by atoms with Gasteiger partial charge in [0, 0.05) is 25.6 Å². The minimum absolute atomic E-state index is 0.0723. The summed E-state index contributed by atoms with van der Waals surface area (Å²) in [5.41, 5.74) is 2.34. The van der Waals surface area contributed by atoms with E-state index in [1.165, 1.54) is 38.5 Å². The van der Waals surface area contributed by atoms with Crippen LogP contribution in [0.4, 0.5) is 0 Å². The third-order valence-electron chi connectivity index (χ3n) is 8.89. The van der Waals surface area contributed by atoms with Gasteiger partial charge in [-0.1, -0.05) is 17.7 Å². The van der Waals surface area contributed by atoms with Crippen molar-refractivity contribution in [3.05, 3.63) is 29.3 Å². The monoisotopic (exact) mass is 458 g/mol. The van der Waals surface area contributed by atoms with E-state index in [-0.39, 0.29) is 11.8 Å². The van der Waals surface area contributed by atoms with Gasteiger partial charge in [-0.25, -0.2) is 8.42 Å². The molecule has 1 N–H and O–H groups in total. The largest absolute Gasteiger partial charge is 0.356 e. The molecule has 1 heterocycles. The predicted molar refractivity (Wildman–Crippen MR) is 126 cm³/mol. The van der Waals surface area contributed by atoms with Gasteiger partial charge in [-0.2, -0.15) is 4.31 Å². The van der Waals surface area contributed by atoms with Gasteiger partial charge in [-0.05, 0) is 106 Å². The Kier molecular flexibility index (Phi) is 5.90. The Labute approximate surface area is 193 Å². The van der Waals surface area contributed by atoms with E-state index in [0.717, 1.165) is 41.8 Å². The molecule has 0 atom stereocenters. The van der Waals surface area contributed by atoms with Crippen molar-refractivity contribution in [2.45, 2.75) is 76.5 Å². The second-order valence-electron chi connectivity index (χ2n) is 11.4. The van der Waals surface area contributed by atoms with Crippen LogP contribution < -0.4 is 5.32 Å². The lowest BCUT2D eigenvalue weighted by Crippen LogP contribution is -2.48. The average Bonchev–Trinajstić information content (AvgIpc) is 2.72. The molecule has 4 bridgehead atoms. The van der Waals surface area contributed by atoms with Gasteiger partial charge in [0.2, 0.25) is 15.9 Å². The summed E-state index contributed by atoms with van der Waals surface area (Å²) in [6, 6.07) is 5.48. The first-order valence-electron chi connectivity index (χ1n) is 12.6. The average molecular weight is 459 g/mol. The predicted octanol–water partition coefficient (Wildman–Crippen LogP) is 4.43. The van der Waals surface area contributed by atoms with Crippen LogP contribution in [-0.2, 0) is 14.8 Å². The van der Waals surface area contributed by atoms with Crippen LogP contribution in [0.2, 0.25) is 0 Å². The zero-order chi connectivity index (χ0) is 22.5. The van der Waals surface area contributed by atoms with Gasteiger partial charge < -0.3 is 5.32 Å². The van der Waals surface area contributed by atoms with E-state index in [1.54, 1.807) is 10.4 Å². The van der Waals surface area contributed by atoms with Crippen molar-refractivity contribution in [1.29, 1.82) is 0 Å². The third-order valence-corrected chi connectivity index (χ3v) is 11.0. The molecule has 32 heavy (non-hydrogen) atoms. The van der Waals surface area contributed by atoms with Crippen molar-refractivity contribution < 1.29 is 13.2 Å². The van der Waals surface area contributed by atoms with E-state index in [1.807, 2.05) is 26.0 Å². The molecule has 5 nitrogen and oxygen atoms in total. The summed E-state index contributed by atoms with van der Waals surface area (Å²) in [5.74, 6) is 2.89. The van der Waals surface area contributed by atoms with Crippen LogP contribution in [0.5, 0.6) is 0 Å². The number of piperidine rings is 1. The van der Waals surface area contributed by atoms with Gasteiger partial charge in [0.05, 0.1) is 4.90 Å². The van der Waals surface area contributed by atoms with Gasteiger partial charge >= 0.3 is 0 Å². The number of carbonyl (C=O) groups is 1. The number of hydrogen-bond donors (Lipinski definition) is 1. The highest BCUT2D eigenvalue weighted by Crippen LogP contribution is 2.61. The van der Waals surface area contributed by atoms with Crippen LogP contribution in [0, 0.1) is 42.9 Å². The Hall–Kier alpha value is -1.40. The number of benzene rings is 1. The molecule has 0 unspecified atom stereocenters. The van der Waals surface area contributed by atoms with Gasteiger partial charge in [0.1, 0.15) is 0 Å². The molecule has 0 aromatic heterocycles. The van der Waals surface area contributed by atoms with Crippen molar-refractivity contribution in [1.82, 2.24) is 9.62 Å². The number of sulfonamides is 1. The number of aryl methyl sites for hydroxylation is 2. The maximum absolute atomic E-state index is 13.1. The molecule has 1 amide bonds. The first kappa shape index (κ1) is 22.4. The lowest BCUT2D eigenvalue weighted by atomic mass is 9.49. The molecular formula is C26H38N2O3S. The number of carbonyl (C=O) groups excluding carboxylic acids is 1. The second-order valence-corrected chi connectivity index (χ2v) is 13.3. The summed E-state index contributed by atoms with van der Waals surface area (Å²) in [5, 5.41) is 3.22. The van der Waals surface area contributed by atoms with E-state index in [2.05, 4.69) is 5.32 Å². The van der Waals surface area contributed by atoms with E-state index in [4.69, 9.17) is 0 Å². The molecule has 5 fully saturated rings. The molecule has 4 aliphatic carbocycles. The van der Waals surface area contributed by atoms with E-state index in [0.29, 0.717) is 36.2 Å². The van der Waals surface area contributed by atoms with Crippen LogP contribution in [-0.4, -0.2) is 38.3 Å². The molecule has 1 aromatic carbocycles. The van der Waals surface area contributed by atoms with Crippen molar-refractivity contribution >= 4 is 15.9 Å². The SMILES string of the molecule is Cc1ccc(S(=O)(=O)N2CCC(C(=O)NCCC34CC5CC(CC(C5)C3)C4)CC2)c(C)c1. The van der Waals surface area contributed by atoms with E-state index >= 15 is 0 Å². The Morgan fingerprint density at radius 3 is 2.19 bits per heavy atom. The summed E-state index contributed by atoms with van der Waals surface area (Å²) >= 11 is 0. The molecule has 1 saturated heterocycles. The third kappa shape index (κ3) is 4.25. The number of rotatable bonds is 6. The highest BCUT2D eigenvalue weighted by atomic mass is 32.2. The Morgan fingerprint density at radius 1 is 1.03 bits per heavy atom. The van der Waals surface area contributed by atoms with Crippen LogP contribution in [0.1, 0.15) is 68.9 Å². The minimum atomic E-state index is -3.50. The molecule has 5 aliphatic rings. The van der Waals surface area contributed by atoms with Crippen LogP contribution >= 0.6 is 0 Å². The van der Waals surface area contributed by atoms with E-state index < -0.39 is 10.0 Å². The summed E-state index contributed by atoms with van der Waals surface area (Å²) in [6.07, 6.45) is 10.8. The molecule has 4 saturated carbocycles. The fourth-order valence-corrected chi connectivity index (χ4v) is 9.45. The van der Waals surface area contributed by atoms with Crippen LogP contribution in [0.25, 0.3) is 0 Å². The smallest absolute Gasteiger partial charge is 0.243 e. The molecular weight excluding hydrogens is 420 g/mol. The van der Waals surface area contributed by atoms with Crippen molar-refractivity contribution in [3.63, 3.8) is 0 Å². The molecule has 0 spiro atoms. The second kappa shape index (κ2) is 8.43. The molecule has 6 heteroatoms. The van der Waals surface area contributed by atoms with Crippen LogP contribution in [0.15, 0.2) is 23.1 Å². The Morgan fingerprint density at radius 2 is 1.62 bits per heavy atom. The molecule has 0 radical (unpaired) electrons. The van der Waals surface area contributed by atoms with Crippen molar-refractivity contribution in [2.24, 2.45) is 29.1 Å². The molecule has 1 aliphatic heterocycles. The molecule has 176 valence electrons. The number of amides is 1. The summed E-state index contributed by atoms with van der Waals surface area (Å²) in [4.78, 5) is 13.2. The number of hydrogen-bond acceptors (Lipinski definition) is 3. The van der Waals surface area contributed by atoms with Crippen molar-refractivity contribution in [2.75, 3.05) is 19.6 Å². The van der Waals surface area contributed by atoms with Gasteiger partial charge in [-0.3, -0.25) is 4.79 Å². The van der Waals surface area contributed by atoms with Gasteiger partial charge in [0.25, 0.3) is 0 Å². The summed E-state index contributed by atoms with van der Waals surface area (Å²) in [6.45, 7) is 5.44. The topological polar surface area (TPSA) is 66.5 Å². The first-order valence-corrected chi connectivity index (χ1v) is 14.0. The highest BCUT2D eigenvalue weighted by molar-refractivity contribution is 7.89. The zero-order valence-electron chi connectivity index (χ0n) is 19.6. The minimum Gasteiger partial charge on any atom is -0.356 e. The van der Waals surface area contributed by atoms with Crippen LogP contribution in [0.3, 0.4) is 0 Å². The number of nitrogens with one attached hydrogen (secondary N) is 1. The summed E-state index contributed by atoms with van der Waals surface area (Å²) in [7, 11) is -3.50. The fraction of sp³-hybridized carbons (Fsp3) is 0.731. The summed E-state index contributed by atoms with van der Waals surface area (Å²) < 4.78 is 27.8. The maximum atomic E-state index is 13.1. The van der Waals surface area contributed by atoms with E-state index in [9.17, 15) is 13.2 Å². The Balaban J connectivity index is 1.12. The molecule has 6 rings (SSSR count). The van der Waals surface area contributed by atoms with Crippen molar-refractivity contribution in [3.8, 4) is 0 Å². The Bertz CT molecular complexity index is 944.